The van der Waals surface area contributed by atoms with Gasteiger partial charge >= 0.3 is 5.69 Å². The van der Waals surface area contributed by atoms with Crippen LogP contribution in [0.25, 0.3) is 22.2 Å². The molecule has 0 radical (unpaired) electrons. The highest BCUT2D eigenvalue weighted by Gasteiger charge is 2.26. The van der Waals surface area contributed by atoms with Crippen LogP contribution in [0.5, 0.6) is 11.6 Å². The van der Waals surface area contributed by atoms with Gasteiger partial charge in [0.15, 0.2) is 5.75 Å². The van der Waals surface area contributed by atoms with Crippen molar-refractivity contribution in [1.82, 2.24) is 14.5 Å². The highest BCUT2D eigenvalue weighted by atomic mass is 32.2. The van der Waals surface area contributed by atoms with Crippen LogP contribution in [0.15, 0.2) is 53.3 Å². The van der Waals surface area contributed by atoms with Crippen LogP contribution >= 0.6 is 0 Å². The second-order valence-electron chi connectivity index (χ2n) is 7.91. The van der Waals surface area contributed by atoms with Gasteiger partial charge in [0.05, 0.1) is 47.8 Å². The van der Waals surface area contributed by atoms with E-state index in [0.29, 0.717) is 17.9 Å². The third kappa shape index (κ3) is 4.90. The Balaban J connectivity index is 1.90. The summed E-state index contributed by atoms with van der Waals surface area (Å²) in [6.45, 7) is 2.06. The lowest BCUT2D eigenvalue weighted by molar-refractivity contribution is 0.296. The van der Waals surface area contributed by atoms with Gasteiger partial charge in [-0.25, -0.2) is 27.0 Å². The zero-order valence-electron chi connectivity index (χ0n) is 19.2. The third-order valence-electron chi connectivity index (χ3n) is 5.43. The predicted molar refractivity (Wildman–Crippen MR) is 128 cm³/mol. The average molecular weight is 504 g/mol. The predicted octanol–water partition coefficient (Wildman–Crippen LogP) is 3.71. The minimum atomic E-state index is -3.57. The first-order chi connectivity index (χ1) is 16.6. The van der Waals surface area contributed by atoms with E-state index in [1.54, 1.807) is 19.1 Å². The van der Waals surface area contributed by atoms with Crippen molar-refractivity contribution in [3.63, 3.8) is 0 Å². The molecule has 0 unspecified atom stereocenters. The number of nitrogens with one attached hydrogen (secondary N) is 1. The molecule has 0 aliphatic rings. The molecule has 1 atom stereocenters. The normalized spacial score (nSPS) is 12.6. The van der Waals surface area contributed by atoms with E-state index in [1.165, 1.54) is 35.9 Å². The number of methoxy groups -OCH3 is 1. The summed E-state index contributed by atoms with van der Waals surface area (Å²) in [5, 5.41) is 0. The van der Waals surface area contributed by atoms with Gasteiger partial charge in [0.2, 0.25) is 0 Å². The summed E-state index contributed by atoms with van der Waals surface area (Å²) in [4.78, 5) is 20.1. The summed E-state index contributed by atoms with van der Waals surface area (Å²) < 4.78 is 65.3. The molecule has 4 rings (SSSR count). The van der Waals surface area contributed by atoms with Crippen LogP contribution in [0.1, 0.15) is 18.7 Å². The van der Waals surface area contributed by atoms with Crippen LogP contribution < -0.4 is 15.2 Å². The van der Waals surface area contributed by atoms with E-state index in [1.807, 2.05) is 0 Å². The number of hydrogen-bond acceptors (Lipinski definition) is 6. The monoisotopic (exact) mass is 503 g/mol. The van der Waals surface area contributed by atoms with Crippen molar-refractivity contribution >= 4 is 20.9 Å². The number of aromatic nitrogens is 3. The smallest absolute Gasteiger partial charge is 0.327 e. The maximum absolute atomic E-state index is 14.3. The summed E-state index contributed by atoms with van der Waals surface area (Å²) in [7, 11) is -2.12. The Morgan fingerprint density at radius 2 is 1.83 bits per heavy atom. The van der Waals surface area contributed by atoms with Gasteiger partial charge in [-0.1, -0.05) is 12.1 Å². The van der Waals surface area contributed by atoms with Gasteiger partial charge in [0.1, 0.15) is 21.5 Å². The minimum absolute atomic E-state index is 0.163. The number of fused-ring (bicyclic) bond motifs is 1. The molecule has 0 spiro atoms. The van der Waals surface area contributed by atoms with E-state index in [2.05, 4.69) is 9.97 Å². The lowest BCUT2D eigenvalue weighted by Gasteiger charge is -2.19. The topological polar surface area (TPSA) is 103 Å². The summed E-state index contributed by atoms with van der Waals surface area (Å²) in [6, 6.07) is 10.1. The molecule has 1 N–H and O–H groups in total. The molecule has 2 heterocycles. The summed E-state index contributed by atoms with van der Waals surface area (Å²) >= 11 is 0. The van der Waals surface area contributed by atoms with Crippen LogP contribution in [-0.4, -0.2) is 48.7 Å². The first-order valence-electron chi connectivity index (χ1n) is 10.7. The van der Waals surface area contributed by atoms with E-state index in [4.69, 9.17) is 9.47 Å². The first kappa shape index (κ1) is 24.4. The van der Waals surface area contributed by atoms with E-state index >= 15 is 0 Å². The molecule has 8 nitrogen and oxygen atoms in total. The second kappa shape index (κ2) is 9.49. The number of rotatable bonds is 8. The molecule has 0 amide bonds. The second-order valence-corrected chi connectivity index (χ2v) is 10.1. The molecule has 184 valence electrons. The molecular weight excluding hydrogens is 480 g/mol. The fourth-order valence-corrected chi connectivity index (χ4v) is 4.86. The molecule has 11 heteroatoms. The maximum atomic E-state index is 14.3. The molecule has 0 saturated carbocycles. The zero-order valence-corrected chi connectivity index (χ0v) is 20.0. The molecule has 0 aliphatic carbocycles. The van der Waals surface area contributed by atoms with Gasteiger partial charge in [-0.15, -0.1) is 0 Å². The minimum Gasteiger partial charge on any atom is -0.491 e. The van der Waals surface area contributed by atoms with Gasteiger partial charge < -0.3 is 14.5 Å². The summed E-state index contributed by atoms with van der Waals surface area (Å²) in [5.41, 5.74) is 0.297. The third-order valence-corrected chi connectivity index (χ3v) is 6.35. The SMILES string of the molecule is CCOc1nc([C@@H](CS(C)(=O)=O)n2c(=O)[nH]c3cc(-c4c(F)cccc4F)ccc32)ccc1OC. The number of halogens is 2. The number of aromatic amines is 1. The molecule has 2 aromatic carbocycles. The number of H-pyrrole nitrogens is 1. The lowest BCUT2D eigenvalue weighted by atomic mass is 10.0. The van der Waals surface area contributed by atoms with E-state index in [9.17, 15) is 22.0 Å². The van der Waals surface area contributed by atoms with E-state index < -0.39 is 39.0 Å². The van der Waals surface area contributed by atoms with E-state index in [0.717, 1.165) is 18.4 Å². The van der Waals surface area contributed by atoms with Crippen molar-refractivity contribution in [1.29, 1.82) is 0 Å². The molecule has 0 fully saturated rings. The zero-order chi connectivity index (χ0) is 25.3. The molecule has 0 saturated heterocycles. The number of ether oxygens (including phenoxy) is 2. The Hall–Kier alpha value is -3.73. The Morgan fingerprint density at radius 3 is 2.46 bits per heavy atom. The Labute approximate surface area is 200 Å². The molecular formula is C24H23F2N3O5S. The maximum Gasteiger partial charge on any atom is 0.327 e. The number of pyridine rings is 1. The van der Waals surface area contributed by atoms with Gasteiger partial charge in [-0.05, 0) is 48.9 Å². The van der Waals surface area contributed by atoms with Gasteiger partial charge in [-0.2, -0.15) is 0 Å². The fourth-order valence-electron chi connectivity index (χ4n) is 3.97. The standard InChI is InChI=1S/C24H23F2N3O5S/c1-4-34-23-21(33-2)11-9-17(27-23)20(13-35(3,31)32)29-19-10-8-14(12-18(19)28-24(29)30)22-15(25)6-5-7-16(22)26/h5-12,20H,4,13H2,1-3H3,(H,28,30)/t20-/m1/s1. The molecule has 4 aromatic rings. The van der Waals surface area contributed by atoms with Crippen molar-refractivity contribution in [3.05, 3.63) is 76.3 Å². The van der Waals surface area contributed by atoms with Crippen molar-refractivity contribution in [3.8, 4) is 22.8 Å². The summed E-state index contributed by atoms with van der Waals surface area (Å²) in [5.74, 6) is -1.39. The quantitative estimate of drug-likeness (QED) is 0.393. The van der Waals surface area contributed by atoms with Crippen molar-refractivity contribution in [2.24, 2.45) is 0 Å². The highest BCUT2D eigenvalue weighted by Crippen LogP contribution is 2.32. The first-order valence-corrected chi connectivity index (χ1v) is 12.7. The summed E-state index contributed by atoms with van der Waals surface area (Å²) in [6.07, 6.45) is 1.06. The van der Waals surface area contributed by atoms with Crippen LogP contribution in [0, 0.1) is 11.6 Å². The van der Waals surface area contributed by atoms with Gasteiger partial charge in [-0.3, -0.25) is 4.57 Å². The molecule has 35 heavy (non-hydrogen) atoms. The highest BCUT2D eigenvalue weighted by molar-refractivity contribution is 7.90. The lowest BCUT2D eigenvalue weighted by Crippen LogP contribution is -2.29. The van der Waals surface area contributed by atoms with Crippen LogP contribution in [0.2, 0.25) is 0 Å². The van der Waals surface area contributed by atoms with Crippen LogP contribution in [0.4, 0.5) is 8.78 Å². The van der Waals surface area contributed by atoms with Crippen molar-refractivity contribution < 1.29 is 26.7 Å². The van der Waals surface area contributed by atoms with Crippen LogP contribution in [-0.2, 0) is 9.84 Å². The van der Waals surface area contributed by atoms with Crippen molar-refractivity contribution in [2.45, 2.75) is 13.0 Å². The number of hydrogen-bond donors (Lipinski definition) is 1. The number of benzene rings is 2. The Kier molecular flexibility index (Phi) is 6.62. The van der Waals surface area contributed by atoms with Gasteiger partial charge in [0, 0.05) is 6.26 Å². The van der Waals surface area contributed by atoms with E-state index in [-0.39, 0.29) is 28.2 Å². The molecule has 0 bridgehead atoms. The van der Waals surface area contributed by atoms with Crippen LogP contribution in [0.3, 0.4) is 0 Å². The molecule has 0 aliphatic heterocycles. The Morgan fingerprint density at radius 1 is 1.11 bits per heavy atom. The largest absolute Gasteiger partial charge is 0.491 e. The number of imidazole rings is 1. The molecule has 2 aromatic heterocycles. The number of nitrogens with zero attached hydrogens (tertiary/aromatic N) is 2. The Bertz CT molecular complexity index is 1540. The number of sulfone groups is 1. The van der Waals surface area contributed by atoms with Crippen molar-refractivity contribution in [2.75, 3.05) is 25.7 Å². The average Bonchev–Trinajstić information content (AvgIpc) is 3.12. The van der Waals surface area contributed by atoms with Gasteiger partial charge in [0.25, 0.3) is 5.88 Å². The fraction of sp³-hybridized carbons (Fsp3) is 0.250.